The molecule has 0 N–H and O–H groups in total. The Morgan fingerprint density at radius 2 is 1.79 bits per heavy atom. The molecule has 3 aromatic rings. The van der Waals surface area contributed by atoms with Crippen LogP contribution in [0.15, 0.2) is 54.6 Å². The van der Waals surface area contributed by atoms with Crippen molar-refractivity contribution < 1.29 is 9.53 Å². The largest absolute Gasteiger partial charge is 0.463 e. The van der Waals surface area contributed by atoms with Crippen LogP contribution in [0, 0.1) is 5.92 Å². The molecule has 0 bridgehead atoms. The molecule has 2 unspecified atom stereocenters. The third kappa shape index (κ3) is 3.95. The van der Waals surface area contributed by atoms with E-state index in [0.717, 1.165) is 12.0 Å². The first-order chi connectivity index (χ1) is 13.9. The average Bonchev–Trinajstić information content (AvgIpc) is 3.41. The van der Waals surface area contributed by atoms with E-state index in [1.165, 1.54) is 15.8 Å². The molecule has 1 heterocycles. The van der Waals surface area contributed by atoms with Crippen molar-refractivity contribution in [2.75, 3.05) is 6.61 Å². The molecule has 29 heavy (non-hydrogen) atoms. The fourth-order valence-electron chi connectivity index (χ4n) is 3.64. The van der Waals surface area contributed by atoms with Gasteiger partial charge >= 0.3 is 6.01 Å². The van der Waals surface area contributed by atoms with Gasteiger partial charge in [0.25, 0.3) is 5.91 Å². The van der Waals surface area contributed by atoms with Crippen LogP contribution in [-0.2, 0) is 5.41 Å². The maximum Gasteiger partial charge on any atom is 0.336 e. The van der Waals surface area contributed by atoms with Crippen molar-refractivity contribution in [3.8, 4) is 17.4 Å². The van der Waals surface area contributed by atoms with Gasteiger partial charge in [0.15, 0.2) is 5.82 Å². The lowest BCUT2D eigenvalue weighted by atomic mass is 9.87. The summed E-state index contributed by atoms with van der Waals surface area (Å²) in [5.41, 5.74) is 3.36. The Kier molecular flexibility index (Phi) is 4.99. The van der Waals surface area contributed by atoms with Gasteiger partial charge in [0.2, 0.25) is 0 Å². The van der Waals surface area contributed by atoms with Gasteiger partial charge in [0, 0.05) is 11.5 Å². The molecule has 0 amide bonds. The van der Waals surface area contributed by atoms with Crippen LogP contribution < -0.4 is 4.74 Å². The normalized spacial score (nSPS) is 18.5. The van der Waals surface area contributed by atoms with E-state index in [9.17, 15) is 4.79 Å². The van der Waals surface area contributed by atoms with Crippen molar-refractivity contribution in [2.45, 2.75) is 45.4 Å². The molecule has 5 nitrogen and oxygen atoms in total. The Hall–Kier alpha value is -2.95. The number of nitrogens with zero attached hydrogens (tertiary/aromatic N) is 3. The number of hydrogen-bond donors (Lipinski definition) is 0. The molecule has 0 aliphatic heterocycles. The summed E-state index contributed by atoms with van der Waals surface area (Å²) in [5.74, 6) is 0.700. The van der Waals surface area contributed by atoms with E-state index in [1.54, 1.807) is 0 Å². The highest BCUT2D eigenvalue weighted by Gasteiger charge is 2.45. The first-order valence-electron chi connectivity index (χ1n) is 10.2. The van der Waals surface area contributed by atoms with Crippen LogP contribution in [0.1, 0.15) is 56.0 Å². The lowest BCUT2D eigenvalue weighted by Gasteiger charge is -2.19. The van der Waals surface area contributed by atoms with Gasteiger partial charge in [-0.25, -0.2) is 0 Å². The molecule has 1 aliphatic rings. The number of aromatic nitrogens is 3. The van der Waals surface area contributed by atoms with E-state index in [-0.39, 0.29) is 29.2 Å². The SMILES string of the molecule is CCOc1nc(-c2ccc(C(C)(C)C)cc2)n(C(=O)C2CC2c2ccccc2)n1. The average molecular weight is 389 g/mol. The van der Waals surface area contributed by atoms with Gasteiger partial charge in [0.05, 0.1) is 6.61 Å². The van der Waals surface area contributed by atoms with E-state index in [0.29, 0.717) is 12.4 Å². The van der Waals surface area contributed by atoms with Crippen molar-refractivity contribution in [3.63, 3.8) is 0 Å². The maximum absolute atomic E-state index is 13.2. The minimum Gasteiger partial charge on any atom is -0.463 e. The van der Waals surface area contributed by atoms with Crippen LogP contribution in [0.25, 0.3) is 11.4 Å². The Labute approximate surface area is 171 Å². The zero-order valence-corrected chi connectivity index (χ0v) is 17.4. The van der Waals surface area contributed by atoms with Gasteiger partial charge in [-0.2, -0.15) is 9.67 Å². The Morgan fingerprint density at radius 3 is 2.41 bits per heavy atom. The second-order valence-electron chi connectivity index (χ2n) is 8.59. The second-order valence-corrected chi connectivity index (χ2v) is 8.59. The molecule has 2 atom stereocenters. The number of hydrogen-bond acceptors (Lipinski definition) is 4. The Bertz CT molecular complexity index is 1000. The summed E-state index contributed by atoms with van der Waals surface area (Å²) >= 11 is 0. The fourth-order valence-corrected chi connectivity index (χ4v) is 3.64. The summed E-state index contributed by atoms with van der Waals surface area (Å²) in [6, 6.07) is 18.6. The summed E-state index contributed by atoms with van der Waals surface area (Å²) in [7, 11) is 0. The van der Waals surface area contributed by atoms with Crippen molar-refractivity contribution in [3.05, 3.63) is 65.7 Å². The number of benzene rings is 2. The van der Waals surface area contributed by atoms with Crippen LogP contribution in [0.5, 0.6) is 6.01 Å². The molecule has 150 valence electrons. The standard InChI is InChI=1S/C24H27N3O2/c1-5-29-23-25-21(17-11-13-18(14-12-17)24(2,3)4)27(26-23)22(28)20-15-19(20)16-9-7-6-8-10-16/h6-14,19-20H,5,15H2,1-4H3. The van der Waals surface area contributed by atoms with Gasteiger partial charge in [-0.3, -0.25) is 4.79 Å². The van der Waals surface area contributed by atoms with Crippen LogP contribution in [-0.4, -0.2) is 27.3 Å². The lowest BCUT2D eigenvalue weighted by molar-refractivity contribution is 0.0867. The highest BCUT2D eigenvalue weighted by Crippen LogP contribution is 2.48. The molecule has 1 fully saturated rings. The molecule has 0 saturated heterocycles. The molecule has 5 heteroatoms. The van der Waals surface area contributed by atoms with Crippen LogP contribution in [0.3, 0.4) is 0 Å². The molecule has 2 aromatic carbocycles. The number of carbonyl (C=O) groups excluding carboxylic acids is 1. The lowest BCUT2D eigenvalue weighted by Crippen LogP contribution is -2.17. The highest BCUT2D eigenvalue weighted by atomic mass is 16.5. The summed E-state index contributed by atoms with van der Waals surface area (Å²) in [6.07, 6.45) is 0.842. The summed E-state index contributed by atoms with van der Waals surface area (Å²) in [5, 5.41) is 4.37. The Balaban J connectivity index is 1.64. The number of ether oxygens (including phenoxy) is 1. The third-order valence-corrected chi connectivity index (χ3v) is 5.41. The monoisotopic (exact) mass is 389 g/mol. The van der Waals surface area contributed by atoms with Gasteiger partial charge < -0.3 is 4.74 Å². The zero-order chi connectivity index (χ0) is 20.6. The van der Waals surface area contributed by atoms with E-state index in [1.807, 2.05) is 37.3 Å². The summed E-state index contributed by atoms with van der Waals surface area (Å²) in [6.45, 7) is 8.87. The van der Waals surface area contributed by atoms with Gasteiger partial charge in [-0.15, -0.1) is 5.10 Å². The minimum atomic E-state index is -0.0684. The highest BCUT2D eigenvalue weighted by molar-refractivity contribution is 5.87. The summed E-state index contributed by atoms with van der Waals surface area (Å²) < 4.78 is 6.93. The van der Waals surface area contributed by atoms with Gasteiger partial charge in [-0.1, -0.05) is 75.4 Å². The van der Waals surface area contributed by atoms with E-state index >= 15 is 0 Å². The molecular weight excluding hydrogens is 362 g/mol. The molecule has 0 radical (unpaired) electrons. The van der Waals surface area contributed by atoms with Gasteiger partial charge in [-0.05, 0) is 35.8 Å². The maximum atomic E-state index is 13.2. The van der Waals surface area contributed by atoms with Crippen LogP contribution in [0.2, 0.25) is 0 Å². The van der Waals surface area contributed by atoms with Crippen molar-refractivity contribution in [1.29, 1.82) is 0 Å². The smallest absolute Gasteiger partial charge is 0.336 e. The van der Waals surface area contributed by atoms with E-state index in [2.05, 4.69) is 55.1 Å². The molecule has 1 aromatic heterocycles. The fraction of sp³-hybridized carbons (Fsp3) is 0.375. The number of rotatable bonds is 5. The van der Waals surface area contributed by atoms with Gasteiger partial charge in [0.1, 0.15) is 0 Å². The first kappa shape index (κ1) is 19.4. The zero-order valence-electron chi connectivity index (χ0n) is 17.4. The number of carbonyl (C=O) groups is 1. The molecule has 0 spiro atoms. The molecule has 1 aliphatic carbocycles. The summed E-state index contributed by atoms with van der Waals surface area (Å²) in [4.78, 5) is 17.7. The molecule has 4 rings (SSSR count). The van der Waals surface area contributed by atoms with E-state index in [4.69, 9.17) is 4.74 Å². The minimum absolute atomic E-state index is 0.0211. The van der Waals surface area contributed by atoms with Crippen molar-refractivity contribution in [1.82, 2.24) is 14.8 Å². The van der Waals surface area contributed by atoms with Crippen LogP contribution in [0.4, 0.5) is 0 Å². The Morgan fingerprint density at radius 1 is 1.10 bits per heavy atom. The van der Waals surface area contributed by atoms with Crippen molar-refractivity contribution >= 4 is 5.91 Å². The molecule has 1 saturated carbocycles. The van der Waals surface area contributed by atoms with Crippen LogP contribution >= 0.6 is 0 Å². The van der Waals surface area contributed by atoms with Crippen molar-refractivity contribution in [2.24, 2.45) is 5.92 Å². The van der Waals surface area contributed by atoms with E-state index < -0.39 is 0 Å². The third-order valence-electron chi connectivity index (χ3n) is 5.41. The quantitative estimate of drug-likeness (QED) is 0.610. The predicted octanol–water partition coefficient (Wildman–Crippen LogP) is 5.09. The predicted molar refractivity (Wildman–Crippen MR) is 113 cm³/mol. The topological polar surface area (TPSA) is 57.0 Å². The first-order valence-corrected chi connectivity index (χ1v) is 10.2. The molecular formula is C24H27N3O2. The second kappa shape index (κ2) is 7.47.